The zero-order chi connectivity index (χ0) is 22.1. The highest BCUT2D eigenvalue weighted by atomic mass is 35.5. The topological polar surface area (TPSA) is 101 Å². The lowest BCUT2D eigenvalue weighted by molar-refractivity contribution is -0.384. The van der Waals surface area contributed by atoms with Crippen LogP contribution in [0.2, 0.25) is 5.02 Å². The molecule has 154 valence electrons. The van der Waals surface area contributed by atoms with Gasteiger partial charge in [0.05, 0.1) is 33.2 Å². The van der Waals surface area contributed by atoms with E-state index in [1.165, 1.54) is 48.5 Å². The monoisotopic (exact) mass is 435 g/mol. The van der Waals surface area contributed by atoms with Gasteiger partial charge in [-0.05, 0) is 29.8 Å². The van der Waals surface area contributed by atoms with Crippen LogP contribution in [0.4, 0.5) is 5.69 Å². The molecule has 31 heavy (non-hydrogen) atoms. The van der Waals surface area contributed by atoms with Crippen LogP contribution in [0, 0.1) is 10.1 Å². The van der Waals surface area contributed by atoms with Crippen LogP contribution in [0.25, 0.3) is 0 Å². The first-order valence-corrected chi connectivity index (χ1v) is 9.53. The van der Waals surface area contributed by atoms with Crippen molar-refractivity contribution in [3.8, 4) is 0 Å². The number of fused-ring (bicyclic) bond motifs is 1. The van der Waals surface area contributed by atoms with E-state index in [-0.39, 0.29) is 33.9 Å². The van der Waals surface area contributed by atoms with Gasteiger partial charge in [-0.15, -0.1) is 0 Å². The number of nitrogens with zero attached hydrogens (tertiary/aromatic N) is 3. The molecular weight excluding hydrogens is 422 g/mol. The molecule has 0 unspecified atom stereocenters. The van der Waals surface area contributed by atoms with Crippen molar-refractivity contribution in [2.24, 2.45) is 0 Å². The van der Waals surface area contributed by atoms with E-state index >= 15 is 0 Å². The van der Waals surface area contributed by atoms with Crippen molar-refractivity contribution in [1.29, 1.82) is 0 Å². The van der Waals surface area contributed by atoms with Gasteiger partial charge in [-0.3, -0.25) is 24.5 Å². The highest BCUT2D eigenvalue weighted by Gasteiger charge is 2.41. The number of carbonyl (C=O) groups excluding carboxylic acids is 3. The van der Waals surface area contributed by atoms with Crippen LogP contribution >= 0.6 is 11.6 Å². The zero-order valence-electron chi connectivity index (χ0n) is 15.9. The molecule has 4 rings (SSSR count). The molecule has 0 saturated heterocycles. The van der Waals surface area contributed by atoms with E-state index < -0.39 is 22.6 Å². The number of halogens is 1. The average molecular weight is 436 g/mol. The summed E-state index contributed by atoms with van der Waals surface area (Å²) in [4.78, 5) is 49.7. The van der Waals surface area contributed by atoms with Gasteiger partial charge in [0.15, 0.2) is 0 Å². The smallest absolute Gasteiger partial charge is 0.267 e. The van der Waals surface area contributed by atoms with Crippen molar-refractivity contribution in [2.75, 3.05) is 0 Å². The first-order chi connectivity index (χ1) is 14.9. The van der Waals surface area contributed by atoms with E-state index in [2.05, 4.69) is 0 Å². The second kappa shape index (κ2) is 8.00. The van der Waals surface area contributed by atoms with Crippen LogP contribution in [0.15, 0.2) is 72.8 Å². The molecule has 9 heteroatoms. The van der Waals surface area contributed by atoms with Gasteiger partial charge in [0.1, 0.15) is 0 Å². The first kappa shape index (κ1) is 20.2. The minimum absolute atomic E-state index is 0.114. The Labute approximate surface area is 181 Å². The highest BCUT2D eigenvalue weighted by molar-refractivity contribution is 6.34. The molecule has 0 spiro atoms. The molecule has 0 radical (unpaired) electrons. The van der Waals surface area contributed by atoms with Crippen molar-refractivity contribution in [2.45, 2.75) is 6.54 Å². The summed E-state index contributed by atoms with van der Waals surface area (Å²) < 4.78 is 0. The van der Waals surface area contributed by atoms with Gasteiger partial charge < -0.3 is 0 Å². The summed E-state index contributed by atoms with van der Waals surface area (Å²) in [7, 11) is 0. The minimum Gasteiger partial charge on any atom is -0.267 e. The van der Waals surface area contributed by atoms with Crippen LogP contribution in [0.3, 0.4) is 0 Å². The molecule has 0 aliphatic carbocycles. The van der Waals surface area contributed by atoms with Crippen LogP contribution in [-0.2, 0) is 6.54 Å². The van der Waals surface area contributed by atoms with Crippen molar-refractivity contribution >= 4 is 35.0 Å². The number of nitro benzene ring substituents is 1. The molecule has 3 aromatic rings. The Morgan fingerprint density at radius 1 is 0.903 bits per heavy atom. The molecule has 1 aliphatic heterocycles. The molecule has 0 fully saturated rings. The Morgan fingerprint density at radius 3 is 2.00 bits per heavy atom. The molecule has 3 aromatic carbocycles. The maximum atomic E-state index is 13.4. The van der Waals surface area contributed by atoms with E-state index in [1.54, 1.807) is 24.3 Å². The fraction of sp³-hybridized carbons (Fsp3) is 0.0455. The Kier molecular flexibility index (Phi) is 5.22. The maximum Gasteiger partial charge on any atom is 0.280 e. The van der Waals surface area contributed by atoms with Gasteiger partial charge in [0, 0.05) is 12.1 Å². The van der Waals surface area contributed by atoms with E-state index in [9.17, 15) is 24.5 Å². The lowest BCUT2D eigenvalue weighted by atomic mass is 10.1. The first-order valence-electron chi connectivity index (χ1n) is 9.16. The lowest BCUT2D eigenvalue weighted by Crippen LogP contribution is -2.49. The lowest BCUT2D eigenvalue weighted by Gasteiger charge is -2.30. The number of hydrogen-bond acceptors (Lipinski definition) is 5. The van der Waals surface area contributed by atoms with Gasteiger partial charge in [0.25, 0.3) is 23.4 Å². The quantitative estimate of drug-likeness (QED) is 0.341. The number of rotatable bonds is 5. The summed E-state index contributed by atoms with van der Waals surface area (Å²) in [6, 6.07) is 18.1. The summed E-state index contributed by atoms with van der Waals surface area (Å²) in [6.07, 6.45) is 0. The van der Waals surface area contributed by atoms with Crippen molar-refractivity contribution in [3.05, 3.63) is 110 Å². The maximum absolute atomic E-state index is 13.4. The van der Waals surface area contributed by atoms with E-state index in [0.29, 0.717) is 5.56 Å². The SMILES string of the molecule is O=C(c1ccccc1Cl)N(Cc1ccc([N+](=O)[O-])cc1)N1C(=O)c2ccccc2C1=O. The number of benzene rings is 3. The third-order valence-electron chi connectivity index (χ3n) is 4.83. The van der Waals surface area contributed by atoms with Crippen molar-refractivity contribution < 1.29 is 19.3 Å². The second-order valence-corrected chi connectivity index (χ2v) is 7.14. The highest BCUT2D eigenvalue weighted by Crippen LogP contribution is 2.28. The van der Waals surface area contributed by atoms with Crippen LogP contribution in [0.5, 0.6) is 0 Å². The van der Waals surface area contributed by atoms with Crippen molar-refractivity contribution in [1.82, 2.24) is 10.0 Å². The van der Waals surface area contributed by atoms with Gasteiger partial charge >= 0.3 is 0 Å². The summed E-state index contributed by atoms with van der Waals surface area (Å²) in [5.74, 6) is -1.93. The Hall–Kier alpha value is -4.04. The van der Waals surface area contributed by atoms with E-state index in [4.69, 9.17) is 11.6 Å². The molecule has 1 heterocycles. The second-order valence-electron chi connectivity index (χ2n) is 6.73. The van der Waals surface area contributed by atoms with Crippen LogP contribution in [-0.4, -0.2) is 32.7 Å². The minimum atomic E-state index is -0.654. The number of nitro groups is 1. The molecular formula is C22H14ClN3O5. The molecule has 3 amide bonds. The number of imide groups is 1. The van der Waals surface area contributed by atoms with Crippen molar-refractivity contribution in [3.63, 3.8) is 0 Å². The van der Waals surface area contributed by atoms with E-state index in [0.717, 1.165) is 10.0 Å². The Bertz CT molecular complexity index is 1190. The number of carbonyl (C=O) groups is 3. The third kappa shape index (κ3) is 3.64. The molecule has 0 aromatic heterocycles. The van der Waals surface area contributed by atoms with Crippen LogP contribution in [0.1, 0.15) is 36.6 Å². The predicted octanol–water partition coefficient (Wildman–Crippen LogP) is 4.10. The van der Waals surface area contributed by atoms with Crippen LogP contribution < -0.4 is 0 Å². The normalized spacial score (nSPS) is 12.6. The average Bonchev–Trinajstić information content (AvgIpc) is 3.03. The van der Waals surface area contributed by atoms with Gasteiger partial charge in [-0.2, -0.15) is 5.01 Å². The zero-order valence-corrected chi connectivity index (χ0v) is 16.7. The fourth-order valence-electron chi connectivity index (χ4n) is 3.30. The predicted molar refractivity (Wildman–Crippen MR) is 111 cm³/mol. The number of amides is 3. The fourth-order valence-corrected chi connectivity index (χ4v) is 3.52. The Morgan fingerprint density at radius 2 is 1.45 bits per heavy atom. The van der Waals surface area contributed by atoms with Gasteiger partial charge in [0.2, 0.25) is 0 Å². The summed E-state index contributed by atoms with van der Waals surface area (Å²) in [6.45, 7) is -0.173. The van der Waals surface area contributed by atoms with Gasteiger partial charge in [-0.1, -0.05) is 48.0 Å². The molecule has 1 aliphatic rings. The molecule has 8 nitrogen and oxygen atoms in total. The number of non-ortho nitro benzene ring substituents is 1. The number of hydrazine groups is 1. The Balaban J connectivity index is 1.75. The molecule has 0 atom stereocenters. The molecule has 0 bridgehead atoms. The molecule has 0 N–H and O–H groups in total. The summed E-state index contributed by atoms with van der Waals surface area (Å²) in [5.41, 5.74) is 0.861. The summed E-state index contributed by atoms with van der Waals surface area (Å²) >= 11 is 6.18. The summed E-state index contributed by atoms with van der Waals surface area (Å²) in [5, 5.41) is 12.9. The largest absolute Gasteiger partial charge is 0.280 e. The van der Waals surface area contributed by atoms with Gasteiger partial charge in [-0.25, -0.2) is 5.01 Å². The standard InChI is InChI=1S/C22H14ClN3O5/c23-19-8-4-3-7-18(19)20(27)24(13-14-9-11-15(12-10-14)26(30)31)25-21(28)16-5-1-2-6-17(16)22(25)29/h1-12H,13H2. The third-order valence-corrected chi connectivity index (χ3v) is 5.16. The number of hydrogen-bond donors (Lipinski definition) is 0. The van der Waals surface area contributed by atoms with E-state index in [1.807, 2.05) is 0 Å². The molecule has 0 saturated carbocycles.